The Morgan fingerprint density at radius 3 is 1.75 bits per heavy atom. The zero-order valence-corrected chi connectivity index (χ0v) is 33.2. The average Bonchev–Trinajstić information content (AvgIpc) is 3.68. The van der Waals surface area contributed by atoms with Crippen molar-refractivity contribution in [3.05, 3.63) is 223 Å². The van der Waals surface area contributed by atoms with Crippen LogP contribution in [0.5, 0.6) is 11.5 Å². The van der Waals surface area contributed by atoms with Crippen LogP contribution in [-0.2, 0) is 6.42 Å². The lowest BCUT2D eigenvalue weighted by Gasteiger charge is -2.44. The molecule has 2 aliphatic rings. The van der Waals surface area contributed by atoms with E-state index in [1.807, 2.05) is 6.07 Å². The zero-order chi connectivity index (χ0) is 38.9. The van der Waals surface area contributed by atoms with Gasteiger partial charge in [0.2, 0.25) is 0 Å². The molecule has 0 aliphatic carbocycles. The van der Waals surface area contributed by atoms with Crippen molar-refractivity contribution < 1.29 is 9.15 Å². The third-order valence-corrected chi connectivity index (χ3v) is 17.5. The van der Waals surface area contributed by atoms with Gasteiger partial charge in [-0.05, 0) is 109 Å². The van der Waals surface area contributed by atoms with Crippen LogP contribution in [0.15, 0.2) is 217 Å². The molecule has 0 bridgehead atoms. The lowest BCUT2D eigenvalue weighted by molar-refractivity contribution is 0.487. The van der Waals surface area contributed by atoms with Gasteiger partial charge in [-0.1, -0.05) is 158 Å². The van der Waals surface area contributed by atoms with Crippen molar-refractivity contribution in [1.82, 2.24) is 0 Å². The summed E-state index contributed by atoms with van der Waals surface area (Å²) in [4.78, 5) is 2.45. The number of hydrogen-bond donors (Lipinski definition) is 0. The Balaban J connectivity index is 1.10. The Kier molecular flexibility index (Phi) is 7.62. The van der Waals surface area contributed by atoms with Gasteiger partial charge >= 0.3 is 0 Å². The first-order chi connectivity index (χ1) is 29.3. The van der Waals surface area contributed by atoms with E-state index >= 15 is 0 Å². The summed E-state index contributed by atoms with van der Waals surface area (Å²) in [6.45, 7) is 0. The van der Waals surface area contributed by atoms with Gasteiger partial charge < -0.3 is 14.1 Å². The normalized spacial score (nSPS) is 13.3. The first-order valence-corrected chi connectivity index (χ1v) is 22.3. The van der Waals surface area contributed by atoms with E-state index in [0.717, 1.165) is 51.2 Å². The zero-order valence-electron chi connectivity index (χ0n) is 32.2. The Morgan fingerprint density at radius 1 is 0.407 bits per heavy atom. The quantitative estimate of drug-likeness (QED) is 0.163. The van der Waals surface area contributed by atoms with E-state index in [-0.39, 0.29) is 0 Å². The van der Waals surface area contributed by atoms with E-state index in [9.17, 15) is 0 Å². The van der Waals surface area contributed by atoms with Gasteiger partial charge in [0.05, 0.1) is 0 Å². The molecule has 59 heavy (non-hydrogen) atoms. The van der Waals surface area contributed by atoms with Gasteiger partial charge in [-0.25, -0.2) is 0 Å². The van der Waals surface area contributed by atoms with Gasteiger partial charge in [0.25, 0.3) is 0 Å². The van der Waals surface area contributed by atoms with Crippen molar-refractivity contribution in [2.24, 2.45) is 0 Å². The van der Waals surface area contributed by atoms with Crippen molar-refractivity contribution >= 4 is 67.8 Å². The van der Waals surface area contributed by atoms with Crippen LogP contribution in [0.4, 0.5) is 17.1 Å². The molecule has 3 heterocycles. The molecule has 0 amide bonds. The maximum Gasteiger partial charge on any atom is 0.188 e. The fraction of sp³-hybridized carbons (Fsp3) is 0.0182. The molecule has 0 N–H and O–H groups in total. The molecule has 1 aromatic heterocycles. The minimum absolute atomic E-state index is 0.813. The Morgan fingerprint density at radius 2 is 0.983 bits per heavy atom. The van der Waals surface area contributed by atoms with Crippen LogP contribution < -0.4 is 30.4 Å². The van der Waals surface area contributed by atoms with Crippen molar-refractivity contribution in [2.75, 3.05) is 4.90 Å². The molecular weight excluding hydrogens is 735 g/mol. The minimum atomic E-state index is -2.86. The Hall–Kier alpha value is -7.40. The lowest BCUT2D eigenvalue weighted by Crippen LogP contribution is -2.78. The van der Waals surface area contributed by atoms with Crippen molar-refractivity contribution in [3.63, 3.8) is 0 Å². The highest BCUT2D eigenvalue weighted by atomic mass is 28.3. The molecule has 3 nitrogen and oxygen atoms in total. The number of fused-ring (bicyclic) bond motifs is 11. The molecule has 1 spiro atoms. The van der Waals surface area contributed by atoms with Crippen LogP contribution in [0, 0.1) is 0 Å². The Bertz CT molecular complexity index is 3180. The second-order valence-corrected chi connectivity index (χ2v) is 19.2. The number of ether oxygens (including phenoxy) is 1. The van der Waals surface area contributed by atoms with E-state index in [1.165, 1.54) is 59.8 Å². The molecule has 12 rings (SSSR count). The van der Waals surface area contributed by atoms with Crippen molar-refractivity contribution in [1.29, 1.82) is 0 Å². The van der Waals surface area contributed by atoms with Crippen LogP contribution in [0.3, 0.4) is 0 Å². The summed E-state index contributed by atoms with van der Waals surface area (Å²) in [5.41, 5.74) is 12.6. The van der Waals surface area contributed by atoms with Crippen LogP contribution in [-0.4, -0.2) is 8.07 Å². The van der Waals surface area contributed by atoms with Gasteiger partial charge in [0.1, 0.15) is 22.7 Å². The second kappa shape index (κ2) is 13.3. The van der Waals surface area contributed by atoms with E-state index in [4.69, 9.17) is 9.15 Å². The highest BCUT2D eigenvalue weighted by molar-refractivity contribution is 7.21. The third kappa shape index (κ3) is 5.13. The fourth-order valence-electron chi connectivity index (χ4n) is 9.95. The first-order valence-electron chi connectivity index (χ1n) is 20.3. The number of benzene rings is 9. The predicted octanol–water partition coefficient (Wildman–Crippen LogP) is 11.8. The smallest absolute Gasteiger partial charge is 0.188 e. The summed E-state index contributed by atoms with van der Waals surface area (Å²) < 4.78 is 13.3. The molecule has 9 aromatic carbocycles. The molecule has 0 atom stereocenters. The number of nitrogens with zero attached hydrogens (tertiary/aromatic N) is 1. The first kappa shape index (κ1) is 33.7. The van der Waals surface area contributed by atoms with Crippen LogP contribution in [0.1, 0.15) is 11.1 Å². The standard InChI is InChI=1S/C55H37NO2Si/c1-2-15-37(16-3-1)42-18-5-6-19-43(42)38-29-31-40(32-30-38)56(41-33-34-45-44-20-7-8-22-48(44)57-51(45)36-41)47-21-14-28-53-46(47)35-39-17-4-11-25-52(39)59(53)54-26-12-9-23-49(54)58-50-24-10-13-27-55(50)59/h1-34,36H,35H2. The van der Waals surface area contributed by atoms with Crippen LogP contribution in [0.25, 0.3) is 44.2 Å². The highest BCUT2D eigenvalue weighted by Gasteiger charge is 2.52. The average molecular weight is 772 g/mol. The Labute approximate surface area is 344 Å². The van der Waals surface area contributed by atoms with Gasteiger partial charge in [-0.2, -0.15) is 0 Å². The molecule has 10 aromatic rings. The molecule has 0 saturated heterocycles. The minimum Gasteiger partial charge on any atom is -0.458 e. The molecule has 0 radical (unpaired) electrons. The largest absolute Gasteiger partial charge is 0.458 e. The van der Waals surface area contributed by atoms with E-state index in [0.29, 0.717) is 0 Å². The maximum absolute atomic E-state index is 6.72. The second-order valence-electron chi connectivity index (χ2n) is 15.6. The van der Waals surface area contributed by atoms with Crippen LogP contribution >= 0.6 is 0 Å². The van der Waals surface area contributed by atoms with Gasteiger partial charge in [0, 0.05) is 33.9 Å². The number of rotatable bonds is 5. The van der Waals surface area contributed by atoms with E-state index < -0.39 is 8.07 Å². The summed E-state index contributed by atoms with van der Waals surface area (Å²) >= 11 is 0. The fourth-order valence-corrected chi connectivity index (χ4v) is 15.4. The topological polar surface area (TPSA) is 25.6 Å². The number of furan rings is 1. The molecule has 4 heteroatoms. The number of para-hydroxylation sites is 3. The molecular formula is C55H37NO2Si. The molecule has 278 valence electrons. The van der Waals surface area contributed by atoms with Gasteiger partial charge in [0.15, 0.2) is 8.07 Å². The molecule has 0 unspecified atom stereocenters. The van der Waals surface area contributed by atoms with Crippen LogP contribution in [0.2, 0.25) is 0 Å². The van der Waals surface area contributed by atoms with E-state index in [2.05, 4.69) is 211 Å². The number of anilines is 3. The highest BCUT2D eigenvalue weighted by Crippen LogP contribution is 2.43. The van der Waals surface area contributed by atoms with E-state index in [1.54, 1.807) is 0 Å². The monoisotopic (exact) mass is 771 g/mol. The summed E-state index contributed by atoms with van der Waals surface area (Å²) in [5, 5.41) is 7.66. The summed E-state index contributed by atoms with van der Waals surface area (Å²) in [6.07, 6.45) is 0.813. The van der Waals surface area contributed by atoms with Gasteiger partial charge in [-0.3, -0.25) is 0 Å². The SMILES string of the molecule is c1ccc(-c2ccccc2-c2ccc(N(c3ccc4c(c3)oc3ccccc34)c3cccc4c3Cc3ccccc3[Si]43c4ccccc4Oc4ccccc43)cc2)cc1. The van der Waals surface area contributed by atoms with Gasteiger partial charge in [-0.15, -0.1) is 0 Å². The summed E-state index contributed by atoms with van der Waals surface area (Å²) in [6, 6.07) is 77.1. The lowest BCUT2D eigenvalue weighted by atomic mass is 9.94. The predicted molar refractivity (Wildman–Crippen MR) is 246 cm³/mol. The van der Waals surface area contributed by atoms with Crippen molar-refractivity contribution in [3.8, 4) is 33.8 Å². The molecule has 2 aliphatic heterocycles. The number of hydrogen-bond acceptors (Lipinski definition) is 3. The summed E-state index contributed by atoms with van der Waals surface area (Å²) in [5.74, 6) is 1.90. The maximum atomic E-state index is 6.72. The summed E-state index contributed by atoms with van der Waals surface area (Å²) in [7, 11) is -2.86. The van der Waals surface area contributed by atoms with Crippen molar-refractivity contribution in [2.45, 2.75) is 6.42 Å². The third-order valence-electron chi connectivity index (χ3n) is 12.5. The molecule has 0 fully saturated rings. The molecule has 0 saturated carbocycles.